The summed E-state index contributed by atoms with van der Waals surface area (Å²) in [7, 11) is 0. The SMILES string of the molecule is Cc1ccc(C)c(N(C(=O)c2snc(C(N)=O)c2N)[C@H](C(=O)NC[C@H]2CCCO2)c2ccc(F)cc2)c1. The lowest BCUT2D eigenvalue weighted by Gasteiger charge is -2.33. The number of nitrogens with two attached hydrogens (primary N) is 2. The van der Waals surface area contributed by atoms with Gasteiger partial charge in [0.15, 0.2) is 5.69 Å². The molecule has 1 aliphatic heterocycles. The average molecular weight is 526 g/mol. The van der Waals surface area contributed by atoms with Crippen LogP contribution in [-0.2, 0) is 9.53 Å². The van der Waals surface area contributed by atoms with Crippen molar-refractivity contribution in [3.05, 3.63) is 75.5 Å². The number of primary amides is 1. The Morgan fingerprint density at radius 1 is 1.22 bits per heavy atom. The zero-order chi connectivity index (χ0) is 26.7. The van der Waals surface area contributed by atoms with Crippen molar-refractivity contribution in [2.75, 3.05) is 23.8 Å². The van der Waals surface area contributed by atoms with Gasteiger partial charge in [-0.1, -0.05) is 24.3 Å². The maximum atomic E-state index is 14.1. The minimum atomic E-state index is -1.19. The van der Waals surface area contributed by atoms with Gasteiger partial charge in [0.25, 0.3) is 11.8 Å². The first-order valence-corrected chi connectivity index (χ1v) is 12.5. The zero-order valence-corrected chi connectivity index (χ0v) is 21.3. The molecular formula is C26H28FN5O4S. The average Bonchev–Trinajstić information content (AvgIpc) is 3.53. The number of amides is 3. The van der Waals surface area contributed by atoms with E-state index < -0.39 is 29.6 Å². The minimum Gasteiger partial charge on any atom is -0.395 e. The molecule has 2 atom stereocenters. The number of ether oxygens (including phenoxy) is 1. The van der Waals surface area contributed by atoms with E-state index in [9.17, 15) is 18.8 Å². The van der Waals surface area contributed by atoms with E-state index in [4.69, 9.17) is 16.2 Å². The number of halogens is 1. The lowest BCUT2D eigenvalue weighted by atomic mass is 10.00. The van der Waals surface area contributed by atoms with Gasteiger partial charge in [-0.15, -0.1) is 0 Å². The normalized spacial score (nSPS) is 15.8. The maximum absolute atomic E-state index is 14.1. The number of hydrogen-bond acceptors (Lipinski definition) is 7. The van der Waals surface area contributed by atoms with E-state index in [1.165, 1.54) is 29.2 Å². The van der Waals surface area contributed by atoms with Gasteiger partial charge in [0.05, 0.1) is 11.8 Å². The van der Waals surface area contributed by atoms with Crippen LogP contribution >= 0.6 is 11.5 Å². The Kier molecular flexibility index (Phi) is 7.84. The molecule has 2 aromatic carbocycles. The summed E-state index contributed by atoms with van der Waals surface area (Å²) in [6.07, 6.45) is 1.59. The van der Waals surface area contributed by atoms with Crippen molar-refractivity contribution < 1.29 is 23.5 Å². The number of aryl methyl sites for hydroxylation is 2. The second kappa shape index (κ2) is 11.1. The van der Waals surface area contributed by atoms with Gasteiger partial charge in [0, 0.05) is 18.8 Å². The van der Waals surface area contributed by atoms with Crippen molar-refractivity contribution in [3.8, 4) is 0 Å². The molecule has 1 aliphatic rings. The van der Waals surface area contributed by atoms with Gasteiger partial charge >= 0.3 is 0 Å². The molecule has 1 fully saturated rings. The van der Waals surface area contributed by atoms with Crippen LogP contribution in [0.15, 0.2) is 42.5 Å². The summed E-state index contributed by atoms with van der Waals surface area (Å²) in [5, 5.41) is 2.90. The van der Waals surface area contributed by atoms with E-state index >= 15 is 0 Å². The number of nitrogen functional groups attached to an aromatic ring is 1. The van der Waals surface area contributed by atoms with Gasteiger partial charge in [-0.25, -0.2) is 4.39 Å². The molecule has 9 nitrogen and oxygen atoms in total. The van der Waals surface area contributed by atoms with Gasteiger partial charge < -0.3 is 21.5 Å². The lowest BCUT2D eigenvalue weighted by molar-refractivity contribution is -0.123. The molecule has 11 heteroatoms. The zero-order valence-electron chi connectivity index (χ0n) is 20.5. The largest absolute Gasteiger partial charge is 0.395 e. The van der Waals surface area contributed by atoms with Crippen LogP contribution in [-0.4, -0.2) is 41.4 Å². The molecule has 0 saturated carbocycles. The van der Waals surface area contributed by atoms with E-state index in [0.29, 0.717) is 17.9 Å². The number of anilines is 2. The van der Waals surface area contributed by atoms with Crippen LogP contribution in [0.1, 0.15) is 55.7 Å². The predicted molar refractivity (Wildman–Crippen MR) is 139 cm³/mol. The molecule has 3 amide bonds. The molecular weight excluding hydrogens is 497 g/mol. The molecule has 0 spiro atoms. The van der Waals surface area contributed by atoms with E-state index in [1.807, 2.05) is 26.0 Å². The van der Waals surface area contributed by atoms with Crippen molar-refractivity contribution in [2.45, 2.75) is 38.8 Å². The van der Waals surface area contributed by atoms with Crippen LogP contribution in [0.25, 0.3) is 0 Å². The quantitative estimate of drug-likeness (QED) is 0.412. The fourth-order valence-corrected chi connectivity index (χ4v) is 5.00. The fraction of sp³-hybridized carbons (Fsp3) is 0.308. The molecule has 0 radical (unpaired) electrons. The smallest absolute Gasteiger partial charge is 0.273 e. The van der Waals surface area contributed by atoms with Gasteiger partial charge in [-0.2, -0.15) is 4.37 Å². The van der Waals surface area contributed by atoms with E-state index in [1.54, 1.807) is 6.07 Å². The fourth-order valence-electron chi connectivity index (χ4n) is 4.26. The summed E-state index contributed by atoms with van der Waals surface area (Å²) in [6, 6.07) is 9.70. The molecule has 5 N–H and O–H groups in total. The molecule has 0 bridgehead atoms. The summed E-state index contributed by atoms with van der Waals surface area (Å²) in [5.41, 5.74) is 13.5. The molecule has 3 aromatic rings. The number of carbonyl (C=O) groups is 3. The highest BCUT2D eigenvalue weighted by Gasteiger charge is 2.37. The van der Waals surface area contributed by atoms with Gasteiger partial charge in [-0.3, -0.25) is 19.3 Å². The van der Waals surface area contributed by atoms with Crippen LogP contribution in [0.5, 0.6) is 0 Å². The lowest BCUT2D eigenvalue weighted by Crippen LogP contribution is -2.46. The molecule has 0 unspecified atom stereocenters. The van der Waals surface area contributed by atoms with Crippen molar-refractivity contribution in [3.63, 3.8) is 0 Å². The third-order valence-corrected chi connectivity index (χ3v) is 7.07. The minimum absolute atomic E-state index is 0.0336. The Labute approximate surface area is 217 Å². The summed E-state index contributed by atoms with van der Waals surface area (Å²) in [6.45, 7) is 4.57. The summed E-state index contributed by atoms with van der Waals surface area (Å²) < 4.78 is 23.4. The molecule has 194 valence electrons. The maximum Gasteiger partial charge on any atom is 0.273 e. The molecule has 4 rings (SSSR count). The van der Waals surface area contributed by atoms with Crippen molar-refractivity contribution >= 4 is 40.6 Å². The van der Waals surface area contributed by atoms with E-state index in [0.717, 1.165) is 35.5 Å². The van der Waals surface area contributed by atoms with E-state index in [2.05, 4.69) is 9.69 Å². The van der Waals surface area contributed by atoms with Gasteiger partial charge in [0.2, 0.25) is 5.91 Å². The summed E-state index contributed by atoms with van der Waals surface area (Å²) in [4.78, 5) is 40.9. The van der Waals surface area contributed by atoms with Crippen LogP contribution in [0, 0.1) is 19.7 Å². The Morgan fingerprint density at radius 2 is 1.95 bits per heavy atom. The first kappa shape index (κ1) is 26.2. The number of rotatable bonds is 8. The Balaban J connectivity index is 1.84. The van der Waals surface area contributed by atoms with E-state index in [-0.39, 0.29) is 28.9 Å². The number of nitrogens with zero attached hydrogens (tertiary/aromatic N) is 2. The third kappa shape index (κ3) is 5.62. The van der Waals surface area contributed by atoms with Crippen LogP contribution < -0.4 is 21.7 Å². The number of nitrogens with one attached hydrogen (secondary N) is 1. The highest BCUT2D eigenvalue weighted by atomic mass is 32.1. The summed E-state index contributed by atoms with van der Waals surface area (Å²) in [5.74, 6) is -2.47. The highest BCUT2D eigenvalue weighted by molar-refractivity contribution is 7.09. The molecule has 1 aromatic heterocycles. The Hall–Kier alpha value is -3.83. The molecule has 1 saturated heterocycles. The van der Waals surface area contributed by atoms with Crippen LogP contribution in [0.3, 0.4) is 0 Å². The topological polar surface area (TPSA) is 141 Å². The molecule has 2 heterocycles. The first-order chi connectivity index (χ1) is 17.7. The predicted octanol–water partition coefficient (Wildman–Crippen LogP) is 3.26. The standard InChI is InChI=1S/C26H28FN5O4S/c1-14-5-6-15(2)19(12-14)32(26(35)23-20(28)21(24(29)33)31-37-23)22(16-7-9-17(27)10-8-16)25(34)30-13-18-4-3-11-36-18/h5-10,12,18,22H,3-4,11,13,28H2,1-2H3,(H2,29,33)(H,30,34)/t18-,22+/m1/s1. The summed E-state index contributed by atoms with van der Waals surface area (Å²) >= 11 is 0.727. The van der Waals surface area contributed by atoms with Crippen molar-refractivity contribution in [1.29, 1.82) is 0 Å². The van der Waals surface area contributed by atoms with Crippen molar-refractivity contribution in [2.24, 2.45) is 5.73 Å². The Morgan fingerprint density at radius 3 is 2.57 bits per heavy atom. The monoisotopic (exact) mass is 525 g/mol. The van der Waals surface area contributed by atoms with Crippen LogP contribution in [0.4, 0.5) is 15.8 Å². The molecule has 0 aliphatic carbocycles. The first-order valence-electron chi connectivity index (χ1n) is 11.8. The second-order valence-electron chi connectivity index (χ2n) is 8.94. The number of hydrogen-bond donors (Lipinski definition) is 3. The highest BCUT2D eigenvalue weighted by Crippen LogP contribution is 2.35. The van der Waals surface area contributed by atoms with Gasteiger partial charge in [-0.05, 0) is 73.1 Å². The second-order valence-corrected chi connectivity index (χ2v) is 9.71. The van der Waals surface area contributed by atoms with Crippen molar-refractivity contribution in [1.82, 2.24) is 9.69 Å². The molecule has 37 heavy (non-hydrogen) atoms. The van der Waals surface area contributed by atoms with Gasteiger partial charge in [0.1, 0.15) is 16.7 Å². The Bertz CT molecular complexity index is 1320. The number of carbonyl (C=O) groups excluding carboxylic acids is 3. The van der Waals surface area contributed by atoms with Crippen LogP contribution in [0.2, 0.25) is 0 Å². The number of aromatic nitrogens is 1. The third-order valence-electron chi connectivity index (χ3n) is 6.22. The number of benzene rings is 2.